The van der Waals surface area contributed by atoms with Crippen molar-refractivity contribution in [1.29, 1.82) is 0 Å². The summed E-state index contributed by atoms with van der Waals surface area (Å²) in [6.45, 7) is 4.07. The number of nitrogens with one attached hydrogen (secondary N) is 2. The Balaban J connectivity index is 1.86. The number of halogens is 1. The second-order valence-electron chi connectivity index (χ2n) is 8.10. The van der Waals surface area contributed by atoms with Crippen LogP contribution in [0.2, 0.25) is 5.02 Å². The molecule has 8 heteroatoms. The van der Waals surface area contributed by atoms with Crippen molar-refractivity contribution in [3.63, 3.8) is 0 Å². The van der Waals surface area contributed by atoms with Crippen molar-refractivity contribution in [2.24, 2.45) is 0 Å². The van der Waals surface area contributed by atoms with Gasteiger partial charge in [0.2, 0.25) is 0 Å². The molecule has 3 aromatic rings. The van der Waals surface area contributed by atoms with Crippen LogP contribution in [0.1, 0.15) is 46.8 Å². The van der Waals surface area contributed by atoms with E-state index < -0.39 is 16.7 Å². The molecular formula is C27H26ClN3O4. The SMILES string of the molecule is CCCCc1ccc(C(=O)NC(=Cc2ccc(C)cc2)C(=O)Nc2ccc(Cl)c([N+](=O)[O-])c2)cc1. The van der Waals surface area contributed by atoms with Crippen LogP contribution in [-0.2, 0) is 11.2 Å². The lowest BCUT2D eigenvalue weighted by Gasteiger charge is -2.12. The van der Waals surface area contributed by atoms with Crippen molar-refractivity contribution in [1.82, 2.24) is 5.32 Å². The number of aryl methyl sites for hydroxylation is 2. The molecule has 0 spiro atoms. The fourth-order valence-corrected chi connectivity index (χ4v) is 3.50. The molecule has 2 amide bonds. The normalized spacial score (nSPS) is 11.1. The molecule has 0 aliphatic heterocycles. The van der Waals surface area contributed by atoms with Gasteiger partial charge in [0.15, 0.2) is 0 Å². The molecule has 3 rings (SSSR count). The molecule has 0 unspecified atom stereocenters. The Morgan fingerprint density at radius 3 is 2.34 bits per heavy atom. The number of amides is 2. The molecule has 0 heterocycles. The number of rotatable bonds is 9. The Bertz CT molecular complexity index is 1250. The van der Waals surface area contributed by atoms with Crippen molar-refractivity contribution in [2.75, 3.05) is 5.32 Å². The lowest BCUT2D eigenvalue weighted by atomic mass is 10.1. The number of carbonyl (C=O) groups excluding carboxylic acids is 2. The molecule has 3 aromatic carbocycles. The molecule has 0 radical (unpaired) electrons. The number of nitro benzene ring substituents is 1. The van der Waals surface area contributed by atoms with Crippen LogP contribution in [0, 0.1) is 17.0 Å². The van der Waals surface area contributed by atoms with Crippen molar-refractivity contribution < 1.29 is 14.5 Å². The molecule has 35 heavy (non-hydrogen) atoms. The van der Waals surface area contributed by atoms with Crippen molar-refractivity contribution >= 4 is 40.9 Å². The Morgan fingerprint density at radius 2 is 1.71 bits per heavy atom. The van der Waals surface area contributed by atoms with Crippen LogP contribution in [0.3, 0.4) is 0 Å². The molecule has 0 saturated heterocycles. The summed E-state index contributed by atoms with van der Waals surface area (Å²) in [4.78, 5) is 36.6. The monoisotopic (exact) mass is 491 g/mol. The fraction of sp³-hybridized carbons (Fsp3) is 0.185. The predicted molar refractivity (Wildman–Crippen MR) is 138 cm³/mol. The molecule has 0 aliphatic carbocycles. The lowest BCUT2D eigenvalue weighted by molar-refractivity contribution is -0.384. The molecule has 7 nitrogen and oxygen atoms in total. The second-order valence-corrected chi connectivity index (χ2v) is 8.51. The largest absolute Gasteiger partial charge is 0.320 e. The average molecular weight is 492 g/mol. The summed E-state index contributed by atoms with van der Waals surface area (Å²) in [6.07, 6.45) is 4.64. The third-order valence-corrected chi connectivity index (χ3v) is 5.64. The van der Waals surface area contributed by atoms with Crippen LogP contribution in [0.15, 0.2) is 72.4 Å². The molecule has 0 fully saturated rings. The maximum absolute atomic E-state index is 13.1. The molecule has 0 aromatic heterocycles. The van der Waals surface area contributed by atoms with Gasteiger partial charge in [0.05, 0.1) is 4.92 Å². The van der Waals surface area contributed by atoms with Crippen molar-refractivity contribution in [2.45, 2.75) is 33.1 Å². The van der Waals surface area contributed by atoms with E-state index in [0.29, 0.717) is 11.1 Å². The van der Waals surface area contributed by atoms with Crippen LogP contribution in [0.25, 0.3) is 6.08 Å². The zero-order valence-corrected chi connectivity index (χ0v) is 20.3. The minimum Gasteiger partial charge on any atom is -0.320 e. The first-order chi connectivity index (χ1) is 16.8. The highest BCUT2D eigenvalue weighted by Gasteiger charge is 2.18. The number of benzene rings is 3. The summed E-state index contributed by atoms with van der Waals surface area (Å²) in [7, 11) is 0. The third kappa shape index (κ3) is 7.25. The van der Waals surface area contributed by atoms with Crippen molar-refractivity contribution in [3.8, 4) is 0 Å². The van der Waals surface area contributed by atoms with Gasteiger partial charge in [-0.2, -0.15) is 0 Å². The minimum absolute atomic E-state index is 0.00786. The van der Waals surface area contributed by atoms with Crippen LogP contribution in [0.4, 0.5) is 11.4 Å². The van der Waals surface area contributed by atoms with Gasteiger partial charge in [0, 0.05) is 17.3 Å². The minimum atomic E-state index is -0.632. The summed E-state index contributed by atoms with van der Waals surface area (Å²) in [5, 5.41) is 16.4. The zero-order chi connectivity index (χ0) is 25.4. The van der Waals surface area contributed by atoms with E-state index in [1.54, 1.807) is 18.2 Å². The second kappa shape index (κ2) is 11.9. The maximum Gasteiger partial charge on any atom is 0.289 e. The Morgan fingerprint density at radius 1 is 1.03 bits per heavy atom. The first-order valence-corrected chi connectivity index (χ1v) is 11.6. The number of unbranched alkanes of at least 4 members (excludes halogenated alkanes) is 1. The van der Waals surface area contributed by atoms with E-state index in [-0.39, 0.29) is 22.1 Å². The molecule has 180 valence electrons. The summed E-state index contributed by atoms with van der Waals surface area (Å²) in [5.41, 5.74) is 3.14. The first-order valence-electron chi connectivity index (χ1n) is 11.2. The molecule has 0 saturated carbocycles. The topological polar surface area (TPSA) is 101 Å². The summed E-state index contributed by atoms with van der Waals surface area (Å²) < 4.78 is 0. The molecule has 2 N–H and O–H groups in total. The lowest BCUT2D eigenvalue weighted by Crippen LogP contribution is -2.30. The van der Waals surface area contributed by atoms with Gasteiger partial charge in [-0.3, -0.25) is 19.7 Å². The van der Waals surface area contributed by atoms with Crippen LogP contribution in [-0.4, -0.2) is 16.7 Å². The molecule has 0 bridgehead atoms. The van der Waals surface area contributed by atoms with Crippen LogP contribution < -0.4 is 10.6 Å². The van der Waals surface area contributed by atoms with Crippen LogP contribution >= 0.6 is 11.6 Å². The molecule has 0 aliphatic rings. The smallest absolute Gasteiger partial charge is 0.289 e. The van der Waals surface area contributed by atoms with Crippen molar-refractivity contribution in [3.05, 3.63) is 110 Å². The fourth-order valence-electron chi connectivity index (χ4n) is 3.31. The van der Waals surface area contributed by atoms with E-state index in [1.165, 1.54) is 18.2 Å². The first kappa shape index (κ1) is 25.6. The Kier molecular flexibility index (Phi) is 8.75. The van der Waals surface area contributed by atoms with Gasteiger partial charge >= 0.3 is 0 Å². The van der Waals surface area contributed by atoms with Gasteiger partial charge in [-0.25, -0.2) is 0 Å². The summed E-state index contributed by atoms with van der Waals surface area (Å²) in [5.74, 6) is -1.07. The van der Waals surface area contributed by atoms with E-state index in [9.17, 15) is 19.7 Å². The number of nitrogens with zero attached hydrogens (tertiary/aromatic N) is 1. The number of nitro groups is 1. The third-order valence-electron chi connectivity index (χ3n) is 5.32. The summed E-state index contributed by atoms with van der Waals surface area (Å²) >= 11 is 5.86. The number of carbonyl (C=O) groups is 2. The van der Waals surface area contributed by atoms with E-state index in [2.05, 4.69) is 17.6 Å². The van der Waals surface area contributed by atoms with E-state index in [0.717, 1.165) is 30.4 Å². The van der Waals surface area contributed by atoms with E-state index in [1.807, 2.05) is 43.3 Å². The molecular weight excluding hydrogens is 466 g/mol. The van der Waals surface area contributed by atoms with E-state index >= 15 is 0 Å². The zero-order valence-electron chi connectivity index (χ0n) is 19.5. The Labute approximate surface area is 209 Å². The standard InChI is InChI=1S/C27H26ClN3O4/c1-3-4-5-19-10-12-21(13-11-19)26(32)30-24(16-20-8-6-18(2)7-9-20)27(33)29-22-14-15-23(28)25(17-22)31(34)35/h6-17H,3-5H2,1-2H3,(H,29,33)(H,30,32). The average Bonchev–Trinajstić information content (AvgIpc) is 2.84. The molecule has 0 atom stereocenters. The number of anilines is 1. The quantitative estimate of drug-likeness (QED) is 0.208. The Hall–Kier alpha value is -3.97. The van der Waals surface area contributed by atoms with Crippen LogP contribution in [0.5, 0.6) is 0 Å². The van der Waals surface area contributed by atoms with Gasteiger partial charge in [0.1, 0.15) is 10.7 Å². The number of hydrogen-bond acceptors (Lipinski definition) is 4. The van der Waals surface area contributed by atoms with Gasteiger partial charge < -0.3 is 10.6 Å². The van der Waals surface area contributed by atoms with E-state index in [4.69, 9.17) is 11.6 Å². The maximum atomic E-state index is 13.1. The van der Waals surface area contributed by atoms with Gasteiger partial charge in [-0.05, 0) is 61.2 Å². The summed E-state index contributed by atoms with van der Waals surface area (Å²) in [6, 6.07) is 18.6. The highest BCUT2D eigenvalue weighted by atomic mass is 35.5. The van der Waals surface area contributed by atoms with Gasteiger partial charge in [-0.1, -0.05) is 66.9 Å². The highest BCUT2D eigenvalue weighted by Crippen LogP contribution is 2.27. The highest BCUT2D eigenvalue weighted by molar-refractivity contribution is 6.32. The van der Waals surface area contributed by atoms with Gasteiger partial charge in [-0.15, -0.1) is 0 Å². The predicted octanol–water partition coefficient (Wildman–Crippen LogP) is 6.31. The van der Waals surface area contributed by atoms with Gasteiger partial charge in [0.25, 0.3) is 17.5 Å². The number of hydrogen-bond donors (Lipinski definition) is 2.